The third kappa shape index (κ3) is 3.88. The van der Waals surface area contributed by atoms with Crippen molar-refractivity contribution < 1.29 is 4.74 Å². The van der Waals surface area contributed by atoms with Crippen LogP contribution in [0.5, 0.6) is 11.5 Å². The van der Waals surface area contributed by atoms with Gasteiger partial charge < -0.3 is 13.5 Å². The summed E-state index contributed by atoms with van der Waals surface area (Å²) in [7, 11) is 0. The average molecular weight is 1140 g/mol. The van der Waals surface area contributed by atoms with Gasteiger partial charge in [0.05, 0.1) is 50.9 Å². The highest BCUT2D eigenvalue weighted by Crippen LogP contribution is 2.86. The molecule has 6 aromatic heterocycles. The lowest BCUT2D eigenvalue weighted by Gasteiger charge is -2.68. The molecular formula is C83H66N4O. The van der Waals surface area contributed by atoms with Gasteiger partial charge in [-0.1, -0.05) is 48.5 Å². The molecule has 5 nitrogen and oxygen atoms in total. The summed E-state index contributed by atoms with van der Waals surface area (Å²) in [6.07, 6.45) is 28.5. The van der Waals surface area contributed by atoms with Crippen LogP contribution in [-0.2, 0) is 5.41 Å². The lowest BCUT2D eigenvalue weighted by molar-refractivity contribution is -0.146. The molecule has 0 saturated heterocycles. The van der Waals surface area contributed by atoms with Crippen LogP contribution in [0.1, 0.15) is 224 Å². The van der Waals surface area contributed by atoms with Gasteiger partial charge in [0, 0.05) is 77.4 Å². The van der Waals surface area contributed by atoms with E-state index in [0.717, 1.165) is 58.8 Å². The van der Waals surface area contributed by atoms with Crippen LogP contribution in [0.15, 0.2) is 97.3 Å². The molecule has 17 aliphatic carbocycles. The predicted octanol–water partition coefficient (Wildman–Crippen LogP) is 19.6. The lowest BCUT2D eigenvalue weighted by atomic mass is 9.36. The first kappa shape index (κ1) is 43.6. The van der Waals surface area contributed by atoms with Crippen molar-refractivity contribution in [3.63, 3.8) is 0 Å². The van der Waals surface area contributed by atoms with Gasteiger partial charge in [0.1, 0.15) is 11.5 Å². The molecule has 11 fully saturated rings. The van der Waals surface area contributed by atoms with Crippen LogP contribution in [0.25, 0.3) is 87.3 Å². The van der Waals surface area contributed by atoms with E-state index in [-0.39, 0.29) is 0 Å². The van der Waals surface area contributed by atoms with E-state index in [1.165, 1.54) is 181 Å². The molecule has 1 aliphatic heterocycles. The van der Waals surface area contributed by atoms with Crippen molar-refractivity contribution in [1.82, 2.24) is 18.8 Å². The summed E-state index contributed by atoms with van der Waals surface area (Å²) >= 11 is 0. The predicted molar refractivity (Wildman–Crippen MR) is 344 cm³/mol. The highest BCUT2D eigenvalue weighted by Gasteiger charge is 2.75. The lowest BCUT2D eigenvalue weighted by Crippen LogP contribution is -2.59. The van der Waals surface area contributed by atoms with Gasteiger partial charge in [0.15, 0.2) is 0 Å². The van der Waals surface area contributed by atoms with Crippen molar-refractivity contribution in [3.05, 3.63) is 164 Å². The smallest absolute Gasteiger partial charge is 0.132 e. The molecule has 17 atom stereocenters. The molecule has 12 aromatic rings. The maximum atomic E-state index is 7.47. The molecule has 0 N–H and O–H groups in total. The van der Waals surface area contributed by atoms with Gasteiger partial charge in [0.2, 0.25) is 0 Å². The normalized spacial score (nSPS) is 40.3. The monoisotopic (exact) mass is 1130 g/mol. The number of ether oxygens (including phenoxy) is 1. The van der Waals surface area contributed by atoms with Gasteiger partial charge in [-0.25, -0.2) is 0 Å². The highest BCUT2D eigenvalue weighted by molar-refractivity contribution is 6.33. The fourth-order valence-electron chi connectivity index (χ4n) is 30.9. The number of benzene rings is 6. The van der Waals surface area contributed by atoms with Crippen LogP contribution < -0.4 is 4.74 Å². The van der Waals surface area contributed by atoms with Crippen LogP contribution in [0, 0.1) is 63.6 Å². The SMILES string of the molecule is c1ccc2c(c1)Oc1ccccc1C21c2c(cc3c4c5c(ncc4n4c6ccc7c(c6c2c34)C2CC3CC4CC7C34C2)C2CC3CC(C2)CC5C3)-c2cc3c4c5c(ccc4n4c6cnc7c(c6c(c21)c34)C1CC2CC3CC7CC321)C1CC2CC3CC5C23C1. The van der Waals surface area contributed by atoms with E-state index in [0.29, 0.717) is 63.6 Å². The molecule has 4 spiro atoms. The Morgan fingerprint density at radius 2 is 0.898 bits per heavy atom. The Bertz CT molecular complexity index is 5560. The Labute approximate surface area is 509 Å². The molecule has 30 rings (SSSR count). The summed E-state index contributed by atoms with van der Waals surface area (Å²) in [4.78, 5) is 11.7. The summed E-state index contributed by atoms with van der Waals surface area (Å²) in [5.74, 6) is 14.1. The van der Waals surface area contributed by atoms with E-state index in [1.54, 1.807) is 82.2 Å². The second-order valence-electron chi connectivity index (χ2n) is 34.5. The van der Waals surface area contributed by atoms with Crippen LogP contribution in [-0.4, -0.2) is 18.8 Å². The van der Waals surface area contributed by atoms with E-state index in [2.05, 4.69) is 106 Å². The zero-order valence-corrected chi connectivity index (χ0v) is 49.7. The van der Waals surface area contributed by atoms with Gasteiger partial charge >= 0.3 is 0 Å². The first-order valence-corrected chi connectivity index (χ1v) is 35.8. The number of pyridine rings is 2. The van der Waals surface area contributed by atoms with Crippen molar-refractivity contribution in [2.45, 2.75) is 162 Å². The summed E-state index contributed by atoms with van der Waals surface area (Å²) in [6, 6.07) is 35.6. The zero-order chi connectivity index (χ0) is 55.2. The maximum Gasteiger partial charge on any atom is 0.132 e. The third-order valence-electron chi connectivity index (χ3n) is 33.2. The van der Waals surface area contributed by atoms with Crippen molar-refractivity contribution in [1.29, 1.82) is 0 Å². The minimum absolute atomic E-state index is 0.470. The fraction of sp³-hybridized carbons (Fsp3) is 0.446. The number of rotatable bonds is 0. The van der Waals surface area contributed by atoms with Crippen molar-refractivity contribution in [3.8, 4) is 22.6 Å². The Balaban J connectivity index is 0.868. The standard InChI is InChI=1S/C83H66N4O/c1-3-7-62-53(5-1)83(54-6-2-4-8-63(54)88-62)74-50(28-52-68-60(32-84-76-37-16-34-13-35(17-37)15-36(14-34)65(68)76)87-59-12-10-48-55-24-44-22-42-19-39(30-80(42,44)55)64(48)70(59)72(74)79(52)87)49-27-51-67-58(11-9-47-38-18-41-21-45-25-56(66(47)67)81(41,45)29-38)86-61-33-85-77-40-20-43-23-46-26-57(82(43,46)31-40)69(77)71(61)73(75(49)83)78(51)86/h1-12,27-28,32-46,55-57H,13-26,29-31H2. The molecule has 18 aliphatic rings. The highest BCUT2D eigenvalue weighted by atomic mass is 16.5. The van der Waals surface area contributed by atoms with Gasteiger partial charge in [-0.15, -0.1) is 0 Å². The van der Waals surface area contributed by atoms with Gasteiger partial charge in [-0.05, 0) is 300 Å². The quantitative estimate of drug-likeness (QED) is 0.152. The summed E-state index contributed by atoms with van der Waals surface area (Å²) in [5, 5.41) is 12.6. The molecule has 6 aromatic carbocycles. The van der Waals surface area contributed by atoms with E-state index in [9.17, 15) is 0 Å². The maximum absolute atomic E-state index is 7.47. The second kappa shape index (κ2) is 12.9. The Morgan fingerprint density at radius 1 is 0.386 bits per heavy atom. The van der Waals surface area contributed by atoms with Crippen molar-refractivity contribution in [2.24, 2.45) is 63.6 Å². The van der Waals surface area contributed by atoms with E-state index >= 15 is 0 Å². The number of hydrogen-bond acceptors (Lipinski definition) is 3. The Morgan fingerprint density at radius 3 is 1.58 bits per heavy atom. The van der Waals surface area contributed by atoms with Crippen LogP contribution in [0.3, 0.4) is 0 Å². The van der Waals surface area contributed by atoms with Gasteiger partial charge in [0.25, 0.3) is 0 Å². The first-order chi connectivity index (χ1) is 43.5. The zero-order valence-electron chi connectivity index (χ0n) is 49.7. The molecule has 10 bridgehead atoms. The molecule has 424 valence electrons. The van der Waals surface area contributed by atoms with E-state index in [1.807, 2.05) is 0 Å². The minimum Gasteiger partial charge on any atom is -0.457 e. The second-order valence-corrected chi connectivity index (χ2v) is 34.5. The summed E-state index contributed by atoms with van der Waals surface area (Å²) in [6.45, 7) is 0. The average Bonchev–Trinajstić information content (AvgIpc) is 1.45. The molecule has 17 unspecified atom stereocenters. The van der Waals surface area contributed by atoms with Crippen molar-refractivity contribution >= 4 is 76.2 Å². The summed E-state index contributed by atoms with van der Waals surface area (Å²) in [5.41, 5.74) is 31.6. The molecule has 5 heteroatoms. The van der Waals surface area contributed by atoms with Crippen LogP contribution in [0.2, 0.25) is 0 Å². The molecule has 0 amide bonds. The number of aromatic nitrogens is 4. The Hall–Kier alpha value is -6.98. The minimum atomic E-state index is -0.697. The third-order valence-corrected chi connectivity index (χ3v) is 33.2. The molecular weight excluding hydrogens is 1070 g/mol. The number of nitrogens with zero attached hydrogens (tertiary/aromatic N) is 4. The Kier molecular flexibility index (Phi) is 6.38. The van der Waals surface area contributed by atoms with Gasteiger partial charge in [-0.3, -0.25) is 9.97 Å². The molecule has 7 heterocycles. The van der Waals surface area contributed by atoms with E-state index in [4.69, 9.17) is 14.7 Å². The molecule has 0 radical (unpaired) electrons. The summed E-state index contributed by atoms with van der Waals surface area (Å²) < 4.78 is 13.2. The number of hydrogen-bond donors (Lipinski definition) is 0. The van der Waals surface area contributed by atoms with Crippen molar-refractivity contribution in [2.75, 3.05) is 0 Å². The molecule has 88 heavy (non-hydrogen) atoms. The van der Waals surface area contributed by atoms with Crippen LogP contribution >= 0.6 is 0 Å². The first-order valence-electron chi connectivity index (χ1n) is 35.8. The van der Waals surface area contributed by atoms with Crippen LogP contribution in [0.4, 0.5) is 0 Å². The number of para-hydroxylation sites is 2. The largest absolute Gasteiger partial charge is 0.457 e. The number of fused-ring (bicyclic) bond motifs is 38. The molecule has 11 saturated carbocycles. The van der Waals surface area contributed by atoms with E-state index < -0.39 is 5.41 Å². The fourth-order valence-corrected chi connectivity index (χ4v) is 30.9. The van der Waals surface area contributed by atoms with Gasteiger partial charge in [-0.2, -0.15) is 0 Å². The topological polar surface area (TPSA) is 43.8 Å².